The summed E-state index contributed by atoms with van der Waals surface area (Å²) in [6.45, 7) is 0. The van der Waals surface area contributed by atoms with Gasteiger partial charge in [0.25, 0.3) is 0 Å². The molecule has 106 valence electrons. The number of aromatic hydroxyl groups is 1. The van der Waals surface area contributed by atoms with E-state index < -0.39 is 0 Å². The van der Waals surface area contributed by atoms with Gasteiger partial charge in [-0.3, -0.25) is 4.40 Å². The van der Waals surface area contributed by atoms with Gasteiger partial charge in [-0.25, -0.2) is 9.97 Å². The van der Waals surface area contributed by atoms with Gasteiger partial charge in [0.05, 0.1) is 11.9 Å². The summed E-state index contributed by atoms with van der Waals surface area (Å²) in [7, 11) is 2.08. The molecule has 5 heteroatoms. The third-order valence-corrected chi connectivity index (χ3v) is 4.00. The molecule has 0 bridgehead atoms. The zero-order chi connectivity index (χ0) is 14.4. The van der Waals surface area contributed by atoms with Gasteiger partial charge in [0, 0.05) is 31.0 Å². The number of hydrogen-bond donors (Lipinski definition) is 1. The number of phenols is 1. The molecule has 1 aliphatic carbocycles. The molecule has 0 atom stereocenters. The van der Waals surface area contributed by atoms with Crippen LogP contribution in [0.1, 0.15) is 12.8 Å². The van der Waals surface area contributed by atoms with Gasteiger partial charge in [0.2, 0.25) is 0 Å². The maximum absolute atomic E-state index is 9.41. The second-order valence-electron chi connectivity index (χ2n) is 5.48. The molecule has 1 saturated carbocycles. The van der Waals surface area contributed by atoms with E-state index in [9.17, 15) is 5.11 Å². The van der Waals surface area contributed by atoms with Crippen molar-refractivity contribution in [1.82, 2.24) is 14.4 Å². The van der Waals surface area contributed by atoms with Crippen LogP contribution < -0.4 is 4.90 Å². The van der Waals surface area contributed by atoms with E-state index in [0.717, 1.165) is 22.7 Å². The monoisotopic (exact) mass is 280 g/mol. The van der Waals surface area contributed by atoms with E-state index in [2.05, 4.69) is 21.9 Å². The maximum atomic E-state index is 9.41. The summed E-state index contributed by atoms with van der Waals surface area (Å²) in [5.41, 5.74) is 2.89. The lowest BCUT2D eigenvalue weighted by Crippen LogP contribution is -2.21. The second kappa shape index (κ2) is 4.48. The number of benzene rings is 1. The predicted molar refractivity (Wildman–Crippen MR) is 81.5 cm³/mol. The molecule has 4 rings (SSSR count). The Balaban J connectivity index is 1.85. The summed E-state index contributed by atoms with van der Waals surface area (Å²) >= 11 is 0. The van der Waals surface area contributed by atoms with Gasteiger partial charge in [0.15, 0.2) is 11.5 Å². The lowest BCUT2D eigenvalue weighted by atomic mass is 10.1. The summed E-state index contributed by atoms with van der Waals surface area (Å²) in [5, 5.41) is 9.41. The molecular weight excluding hydrogens is 264 g/mol. The first kappa shape index (κ1) is 12.2. The van der Waals surface area contributed by atoms with Gasteiger partial charge in [-0.15, -0.1) is 0 Å². The van der Waals surface area contributed by atoms with Crippen molar-refractivity contribution in [3.05, 3.63) is 42.9 Å². The van der Waals surface area contributed by atoms with Crippen LogP contribution in [0.25, 0.3) is 16.9 Å². The van der Waals surface area contributed by atoms with Crippen LogP contribution in [0.4, 0.5) is 5.82 Å². The largest absolute Gasteiger partial charge is 0.508 e. The Labute approximate surface area is 122 Å². The highest BCUT2D eigenvalue weighted by Crippen LogP contribution is 2.32. The number of imidazole rings is 1. The SMILES string of the molecule is CN(c1nccn2c(-c3ccc(O)cc3)cnc12)C1CC1. The summed E-state index contributed by atoms with van der Waals surface area (Å²) < 4.78 is 2.05. The number of rotatable bonds is 3. The number of aromatic nitrogens is 3. The van der Waals surface area contributed by atoms with Gasteiger partial charge in [-0.2, -0.15) is 0 Å². The molecule has 5 nitrogen and oxygen atoms in total. The molecule has 0 amide bonds. The van der Waals surface area contributed by atoms with Crippen LogP contribution in [-0.2, 0) is 0 Å². The van der Waals surface area contributed by atoms with Crippen molar-refractivity contribution in [3.63, 3.8) is 0 Å². The standard InChI is InChI=1S/C16H16N4O/c1-19(12-4-5-12)15-16-18-10-14(20(16)9-8-17-15)11-2-6-13(21)7-3-11/h2-3,6-10,12,21H,4-5H2,1H3. The number of anilines is 1. The van der Waals surface area contributed by atoms with Gasteiger partial charge in [0.1, 0.15) is 5.75 Å². The quantitative estimate of drug-likeness (QED) is 0.801. The maximum Gasteiger partial charge on any atom is 0.180 e. The third-order valence-electron chi connectivity index (χ3n) is 4.00. The van der Waals surface area contributed by atoms with Crippen LogP contribution >= 0.6 is 0 Å². The fraction of sp³-hybridized carbons (Fsp3) is 0.250. The lowest BCUT2D eigenvalue weighted by Gasteiger charge is -2.17. The molecule has 21 heavy (non-hydrogen) atoms. The molecule has 3 aromatic rings. The van der Waals surface area contributed by atoms with Crippen LogP contribution in [0.3, 0.4) is 0 Å². The highest BCUT2D eigenvalue weighted by Gasteiger charge is 2.28. The average molecular weight is 280 g/mol. The van der Waals surface area contributed by atoms with Gasteiger partial charge in [-0.05, 0) is 37.1 Å². The first-order valence-corrected chi connectivity index (χ1v) is 7.08. The normalized spacial score (nSPS) is 14.5. The van der Waals surface area contributed by atoms with Crippen LogP contribution in [0, 0.1) is 0 Å². The van der Waals surface area contributed by atoms with Crippen molar-refractivity contribution >= 4 is 11.5 Å². The Bertz CT molecular complexity index is 790. The smallest absolute Gasteiger partial charge is 0.180 e. The molecule has 1 N–H and O–H groups in total. The van der Waals surface area contributed by atoms with Crippen molar-refractivity contribution in [2.24, 2.45) is 0 Å². The Morgan fingerprint density at radius 2 is 1.95 bits per heavy atom. The van der Waals surface area contributed by atoms with Crippen molar-refractivity contribution in [2.45, 2.75) is 18.9 Å². The molecule has 2 heterocycles. The summed E-state index contributed by atoms with van der Waals surface area (Å²) in [4.78, 5) is 11.2. The van der Waals surface area contributed by atoms with E-state index in [1.165, 1.54) is 12.8 Å². The average Bonchev–Trinajstić information content (AvgIpc) is 3.27. The molecule has 0 spiro atoms. The number of nitrogens with zero attached hydrogens (tertiary/aromatic N) is 4. The van der Waals surface area contributed by atoms with Gasteiger partial charge >= 0.3 is 0 Å². The minimum atomic E-state index is 0.267. The zero-order valence-corrected chi connectivity index (χ0v) is 11.8. The summed E-state index contributed by atoms with van der Waals surface area (Å²) in [5.74, 6) is 1.19. The number of phenolic OH excluding ortho intramolecular Hbond substituents is 1. The van der Waals surface area contributed by atoms with Crippen LogP contribution in [0.15, 0.2) is 42.9 Å². The Kier molecular flexibility index (Phi) is 2.60. The lowest BCUT2D eigenvalue weighted by molar-refractivity contribution is 0.475. The number of fused-ring (bicyclic) bond motifs is 1. The fourth-order valence-electron chi connectivity index (χ4n) is 2.63. The minimum Gasteiger partial charge on any atom is -0.508 e. The van der Waals surface area contributed by atoms with Crippen LogP contribution in [0.5, 0.6) is 5.75 Å². The molecule has 1 aromatic carbocycles. The first-order chi connectivity index (χ1) is 10.2. The van der Waals surface area contributed by atoms with E-state index in [-0.39, 0.29) is 5.75 Å². The van der Waals surface area contributed by atoms with E-state index >= 15 is 0 Å². The van der Waals surface area contributed by atoms with Crippen molar-refractivity contribution in [3.8, 4) is 17.0 Å². The molecule has 2 aromatic heterocycles. The predicted octanol–water partition coefficient (Wildman–Crippen LogP) is 2.70. The van der Waals surface area contributed by atoms with E-state index in [1.54, 1.807) is 12.1 Å². The minimum absolute atomic E-state index is 0.267. The second-order valence-corrected chi connectivity index (χ2v) is 5.48. The fourth-order valence-corrected chi connectivity index (χ4v) is 2.63. The van der Waals surface area contributed by atoms with Crippen molar-refractivity contribution in [1.29, 1.82) is 0 Å². The molecule has 1 fully saturated rings. The van der Waals surface area contributed by atoms with Gasteiger partial charge < -0.3 is 10.0 Å². The third kappa shape index (κ3) is 2.01. The Morgan fingerprint density at radius 1 is 1.19 bits per heavy atom. The molecule has 0 unspecified atom stereocenters. The van der Waals surface area contributed by atoms with Crippen LogP contribution in [-0.4, -0.2) is 32.6 Å². The van der Waals surface area contributed by atoms with Crippen LogP contribution in [0.2, 0.25) is 0 Å². The topological polar surface area (TPSA) is 53.7 Å². The summed E-state index contributed by atoms with van der Waals surface area (Å²) in [6, 6.07) is 7.75. The first-order valence-electron chi connectivity index (χ1n) is 7.08. The molecule has 0 radical (unpaired) electrons. The molecule has 0 saturated heterocycles. The highest BCUT2D eigenvalue weighted by atomic mass is 16.3. The molecular formula is C16H16N4O. The van der Waals surface area contributed by atoms with Crippen molar-refractivity contribution < 1.29 is 5.11 Å². The highest BCUT2D eigenvalue weighted by molar-refractivity contribution is 5.71. The molecule has 0 aliphatic heterocycles. The summed E-state index contributed by atoms with van der Waals surface area (Å²) in [6.07, 6.45) is 8.05. The van der Waals surface area contributed by atoms with E-state index in [0.29, 0.717) is 6.04 Å². The zero-order valence-electron chi connectivity index (χ0n) is 11.8. The Hall–Kier alpha value is -2.56. The Morgan fingerprint density at radius 3 is 2.67 bits per heavy atom. The number of hydrogen-bond acceptors (Lipinski definition) is 4. The molecule has 1 aliphatic rings. The van der Waals surface area contributed by atoms with E-state index in [4.69, 9.17) is 0 Å². The van der Waals surface area contributed by atoms with E-state index in [1.807, 2.05) is 35.1 Å². The van der Waals surface area contributed by atoms with Gasteiger partial charge in [-0.1, -0.05) is 0 Å². The van der Waals surface area contributed by atoms with Crippen molar-refractivity contribution in [2.75, 3.05) is 11.9 Å².